The summed E-state index contributed by atoms with van der Waals surface area (Å²) in [5.74, 6) is -0.230. The third-order valence-electron chi connectivity index (χ3n) is 4.17. The maximum absolute atomic E-state index is 13.2. The van der Waals surface area contributed by atoms with Crippen molar-refractivity contribution in [2.75, 3.05) is 6.61 Å². The predicted molar refractivity (Wildman–Crippen MR) is 86.1 cm³/mol. The van der Waals surface area contributed by atoms with Crippen LogP contribution in [0, 0.1) is 17.1 Å². The lowest BCUT2D eigenvalue weighted by molar-refractivity contribution is 0.0776. The number of nitrogens with one attached hydrogen (secondary N) is 1. The lowest BCUT2D eigenvalue weighted by Crippen LogP contribution is -2.31. The molecule has 0 amide bonds. The molecule has 1 aliphatic rings. The van der Waals surface area contributed by atoms with Crippen molar-refractivity contribution in [1.82, 2.24) is 5.32 Å². The van der Waals surface area contributed by atoms with Crippen molar-refractivity contribution in [3.63, 3.8) is 0 Å². The van der Waals surface area contributed by atoms with E-state index in [4.69, 9.17) is 10.00 Å². The number of hydrogen-bond donors (Lipinski definition) is 1. The molecule has 23 heavy (non-hydrogen) atoms. The van der Waals surface area contributed by atoms with E-state index in [2.05, 4.69) is 11.4 Å². The number of hydrogen-bond acceptors (Lipinski definition) is 3. The van der Waals surface area contributed by atoms with Gasteiger partial charge in [0.05, 0.1) is 23.8 Å². The standard InChI is InChI=1S/C19H19FN2O/c20-17-9-7-16(8-10-17)19(18-2-1-11-23-18)22-13-15-5-3-14(12-21)4-6-15/h3-10,18-19,22H,1-2,11,13H2/t18-,19+/m0/s1. The molecule has 1 fully saturated rings. The summed E-state index contributed by atoms with van der Waals surface area (Å²) in [4.78, 5) is 0. The maximum Gasteiger partial charge on any atom is 0.123 e. The van der Waals surface area contributed by atoms with E-state index in [-0.39, 0.29) is 18.0 Å². The normalized spacial score (nSPS) is 18.5. The number of ether oxygens (including phenoxy) is 1. The number of nitrogens with zero attached hydrogens (tertiary/aromatic N) is 1. The Hall–Kier alpha value is -2.22. The lowest BCUT2D eigenvalue weighted by atomic mass is 9.99. The predicted octanol–water partition coefficient (Wildman–Crippen LogP) is 3.71. The Kier molecular flexibility index (Phi) is 5.02. The average molecular weight is 310 g/mol. The van der Waals surface area contributed by atoms with Crippen molar-refractivity contribution in [1.29, 1.82) is 5.26 Å². The van der Waals surface area contributed by atoms with Crippen LogP contribution in [0.15, 0.2) is 48.5 Å². The van der Waals surface area contributed by atoms with Crippen molar-refractivity contribution < 1.29 is 9.13 Å². The molecule has 0 saturated carbocycles. The second-order valence-electron chi connectivity index (χ2n) is 5.77. The Labute approximate surface area is 135 Å². The van der Waals surface area contributed by atoms with Crippen molar-refractivity contribution in [2.45, 2.75) is 31.5 Å². The van der Waals surface area contributed by atoms with Gasteiger partial charge in [0.2, 0.25) is 0 Å². The van der Waals surface area contributed by atoms with Gasteiger partial charge in [-0.15, -0.1) is 0 Å². The van der Waals surface area contributed by atoms with Crippen molar-refractivity contribution in [3.05, 3.63) is 71.0 Å². The van der Waals surface area contributed by atoms with E-state index < -0.39 is 0 Å². The Morgan fingerprint density at radius 1 is 1.17 bits per heavy atom. The molecule has 4 heteroatoms. The fourth-order valence-electron chi connectivity index (χ4n) is 2.92. The fraction of sp³-hybridized carbons (Fsp3) is 0.316. The van der Waals surface area contributed by atoms with E-state index in [1.807, 2.05) is 36.4 Å². The van der Waals surface area contributed by atoms with Crippen LogP contribution < -0.4 is 5.32 Å². The van der Waals surface area contributed by atoms with E-state index in [1.54, 1.807) is 0 Å². The Bertz CT molecular complexity index is 670. The van der Waals surface area contributed by atoms with Gasteiger partial charge in [-0.1, -0.05) is 24.3 Å². The highest BCUT2D eigenvalue weighted by atomic mass is 19.1. The minimum absolute atomic E-state index is 0.0359. The van der Waals surface area contributed by atoms with Gasteiger partial charge in [0.25, 0.3) is 0 Å². The van der Waals surface area contributed by atoms with Crippen LogP contribution in [0.5, 0.6) is 0 Å². The molecule has 1 saturated heterocycles. The molecule has 3 nitrogen and oxygen atoms in total. The SMILES string of the molecule is N#Cc1ccc(CN[C@H](c2ccc(F)cc2)[C@@H]2CCCO2)cc1. The first-order valence-corrected chi connectivity index (χ1v) is 7.86. The molecule has 2 aromatic carbocycles. The highest BCUT2D eigenvalue weighted by molar-refractivity contribution is 5.31. The van der Waals surface area contributed by atoms with Gasteiger partial charge >= 0.3 is 0 Å². The third kappa shape index (κ3) is 3.95. The van der Waals surface area contributed by atoms with Gasteiger partial charge in [0.1, 0.15) is 5.82 Å². The van der Waals surface area contributed by atoms with Gasteiger partial charge in [-0.05, 0) is 48.2 Å². The number of rotatable bonds is 5. The second kappa shape index (κ2) is 7.36. The van der Waals surface area contributed by atoms with Crippen LogP contribution in [-0.4, -0.2) is 12.7 Å². The summed E-state index contributed by atoms with van der Waals surface area (Å²) in [5.41, 5.74) is 2.80. The first-order chi connectivity index (χ1) is 11.3. The van der Waals surface area contributed by atoms with Gasteiger partial charge in [0.15, 0.2) is 0 Å². The van der Waals surface area contributed by atoms with Gasteiger partial charge < -0.3 is 10.1 Å². The van der Waals surface area contributed by atoms with E-state index in [1.165, 1.54) is 12.1 Å². The van der Waals surface area contributed by atoms with E-state index in [0.717, 1.165) is 30.6 Å². The molecule has 0 unspecified atom stereocenters. The number of benzene rings is 2. The molecular formula is C19H19FN2O. The van der Waals surface area contributed by atoms with E-state index >= 15 is 0 Å². The summed E-state index contributed by atoms with van der Waals surface area (Å²) in [6, 6.07) is 16.3. The molecule has 3 rings (SSSR count). The molecule has 1 N–H and O–H groups in total. The average Bonchev–Trinajstić information content (AvgIpc) is 3.11. The van der Waals surface area contributed by atoms with Crippen LogP contribution in [0.25, 0.3) is 0 Å². The summed E-state index contributed by atoms with van der Waals surface area (Å²) in [6.07, 6.45) is 2.17. The summed E-state index contributed by atoms with van der Waals surface area (Å²) in [7, 11) is 0. The smallest absolute Gasteiger partial charge is 0.123 e. The molecule has 0 radical (unpaired) electrons. The van der Waals surface area contributed by atoms with Gasteiger partial charge in [-0.25, -0.2) is 4.39 Å². The summed E-state index contributed by atoms with van der Waals surface area (Å²) >= 11 is 0. The Balaban J connectivity index is 1.72. The summed E-state index contributed by atoms with van der Waals surface area (Å²) in [6.45, 7) is 1.45. The van der Waals surface area contributed by atoms with Gasteiger partial charge in [0, 0.05) is 13.2 Å². The number of halogens is 1. The number of nitriles is 1. The third-order valence-corrected chi connectivity index (χ3v) is 4.17. The van der Waals surface area contributed by atoms with Crippen LogP contribution in [0.3, 0.4) is 0 Å². The molecule has 0 spiro atoms. The minimum atomic E-state index is -0.230. The second-order valence-corrected chi connectivity index (χ2v) is 5.77. The first-order valence-electron chi connectivity index (χ1n) is 7.86. The topological polar surface area (TPSA) is 45.0 Å². The van der Waals surface area contributed by atoms with Crippen molar-refractivity contribution in [3.8, 4) is 6.07 Å². The fourth-order valence-corrected chi connectivity index (χ4v) is 2.92. The first kappa shape index (κ1) is 15.7. The molecule has 118 valence electrons. The van der Waals surface area contributed by atoms with Crippen LogP contribution in [0.2, 0.25) is 0 Å². The molecular weight excluding hydrogens is 291 g/mol. The molecule has 2 aromatic rings. The quantitative estimate of drug-likeness (QED) is 0.915. The van der Waals surface area contributed by atoms with Crippen LogP contribution >= 0.6 is 0 Å². The zero-order valence-electron chi connectivity index (χ0n) is 12.8. The molecule has 0 bridgehead atoms. The molecule has 2 atom stereocenters. The van der Waals surface area contributed by atoms with Crippen LogP contribution in [0.4, 0.5) is 4.39 Å². The van der Waals surface area contributed by atoms with Crippen LogP contribution in [0.1, 0.15) is 35.6 Å². The van der Waals surface area contributed by atoms with E-state index in [9.17, 15) is 4.39 Å². The van der Waals surface area contributed by atoms with Gasteiger partial charge in [-0.2, -0.15) is 5.26 Å². The lowest BCUT2D eigenvalue weighted by Gasteiger charge is -2.25. The molecule has 0 aromatic heterocycles. The molecule has 1 aliphatic heterocycles. The highest BCUT2D eigenvalue weighted by Crippen LogP contribution is 2.27. The Morgan fingerprint density at radius 2 is 1.91 bits per heavy atom. The maximum atomic E-state index is 13.2. The van der Waals surface area contributed by atoms with Gasteiger partial charge in [-0.3, -0.25) is 0 Å². The highest BCUT2D eigenvalue weighted by Gasteiger charge is 2.26. The monoisotopic (exact) mass is 310 g/mol. The molecule has 1 heterocycles. The largest absolute Gasteiger partial charge is 0.376 e. The van der Waals surface area contributed by atoms with Crippen LogP contribution in [-0.2, 0) is 11.3 Å². The zero-order chi connectivity index (χ0) is 16.1. The van der Waals surface area contributed by atoms with Crippen molar-refractivity contribution >= 4 is 0 Å². The summed E-state index contributed by atoms with van der Waals surface area (Å²) < 4.78 is 19.0. The van der Waals surface area contributed by atoms with Crippen molar-refractivity contribution in [2.24, 2.45) is 0 Å². The minimum Gasteiger partial charge on any atom is -0.376 e. The Morgan fingerprint density at radius 3 is 2.52 bits per heavy atom. The summed E-state index contributed by atoms with van der Waals surface area (Å²) in [5, 5.41) is 12.4. The zero-order valence-corrected chi connectivity index (χ0v) is 12.8. The molecule has 0 aliphatic carbocycles. The van der Waals surface area contributed by atoms with E-state index in [0.29, 0.717) is 12.1 Å².